The molecular weight excluding hydrogens is 396 g/mol. The molecule has 2 aliphatic rings. The maximum absolute atomic E-state index is 11.5. The first kappa shape index (κ1) is 22.6. The molecule has 3 nitrogen and oxygen atoms in total. The zero-order valence-corrected chi connectivity index (χ0v) is 20.1. The van der Waals surface area contributed by atoms with E-state index in [1.165, 1.54) is 29.5 Å². The Balaban J connectivity index is 1.86. The Morgan fingerprint density at radius 1 is 0.969 bits per heavy atom. The summed E-state index contributed by atoms with van der Waals surface area (Å²) in [6.45, 7) is 12.1. The molecule has 0 aromatic heterocycles. The van der Waals surface area contributed by atoms with Crippen molar-refractivity contribution >= 4 is 5.97 Å². The highest BCUT2D eigenvalue weighted by atomic mass is 16.5. The third kappa shape index (κ3) is 3.76. The van der Waals surface area contributed by atoms with Crippen molar-refractivity contribution in [2.24, 2.45) is 0 Å². The van der Waals surface area contributed by atoms with Gasteiger partial charge in [0.25, 0.3) is 0 Å². The van der Waals surface area contributed by atoms with Crippen LogP contribution in [0.25, 0.3) is 0 Å². The van der Waals surface area contributed by atoms with Gasteiger partial charge >= 0.3 is 5.97 Å². The van der Waals surface area contributed by atoms with E-state index in [1.807, 2.05) is 6.07 Å². The fraction of sp³-hybridized carbons (Fsp3) is 0.483. The van der Waals surface area contributed by atoms with Crippen LogP contribution in [0.5, 0.6) is 5.75 Å². The van der Waals surface area contributed by atoms with E-state index in [9.17, 15) is 9.90 Å². The molecule has 0 saturated heterocycles. The lowest BCUT2D eigenvalue weighted by atomic mass is 9.61. The molecule has 0 amide bonds. The summed E-state index contributed by atoms with van der Waals surface area (Å²) in [6, 6.07) is 12.4. The van der Waals surface area contributed by atoms with Crippen LogP contribution in [0.15, 0.2) is 48.6 Å². The minimum absolute atomic E-state index is 0.134. The number of hydrogen-bond acceptors (Lipinski definition) is 2. The molecule has 1 heterocycles. The van der Waals surface area contributed by atoms with Gasteiger partial charge in [0.15, 0.2) is 0 Å². The van der Waals surface area contributed by atoms with Gasteiger partial charge in [-0.15, -0.1) is 0 Å². The normalized spacial score (nSPS) is 22.9. The minimum atomic E-state index is -0.922. The van der Waals surface area contributed by atoms with Crippen molar-refractivity contribution in [3.8, 4) is 5.75 Å². The molecule has 0 saturated carbocycles. The fourth-order valence-corrected chi connectivity index (χ4v) is 5.43. The van der Waals surface area contributed by atoms with E-state index in [0.29, 0.717) is 12.4 Å². The molecule has 0 spiro atoms. The quantitative estimate of drug-likeness (QED) is 0.493. The molecule has 1 unspecified atom stereocenters. The van der Waals surface area contributed by atoms with Crippen LogP contribution in [0.1, 0.15) is 99.3 Å². The number of unbranched alkanes of at least 4 members (excludes halogenated alkanes) is 1. The number of carboxylic acid groups (broad SMARTS) is 1. The second-order valence-electron chi connectivity index (χ2n) is 10.9. The van der Waals surface area contributed by atoms with Crippen molar-refractivity contribution in [3.05, 3.63) is 76.4 Å². The van der Waals surface area contributed by atoms with Gasteiger partial charge in [0.1, 0.15) is 12.4 Å². The Bertz CT molecular complexity index is 1060. The van der Waals surface area contributed by atoms with Crippen molar-refractivity contribution in [3.63, 3.8) is 0 Å². The lowest BCUT2D eigenvalue weighted by Crippen LogP contribution is -2.35. The molecular formula is C29H36O3. The lowest BCUT2D eigenvalue weighted by molar-refractivity contribution is 0.0696. The summed E-state index contributed by atoms with van der Waals surface area (Å²) in [5.74, 6) is -0.222. The first-order chi connectivity index (χ1) is 15.1. The zero-order chi connectivity index (χ0) is 23.1. The highest BCUT2D eigenvalue weighted by molar-refractivity contribution is 5.88. The fourth-order valence-electron chi connectivity index (χ4n) is 5.43. The van der Waals surface area contributed by atoms with Crippen LogP contribution in [0, 0.1) is 0 Å². The molecule has 4 rings (SSSR count). The number of benzene rings is 2. The monoisotopic (exact) mass is 432 g/mol. The van der Waals surface area contributed by atoms with Gasteiger partial charge in [-0.1, -0.05) is 77.5 Å². The van der Waals surface area contributed by atoms with Crippen LogP contribution in [0.2, 0.25) is 0 Å². The summed E-state index contributed by atoms with van der Waals surface area (Å²) in [6.07, 6.45) is 9.94. The maximum Gasteiger partial charge on any atom is 0.335 e. The molecule has 0 radical (unpaired) electrons. The van der Waals surface area contributed by atoms with Crippen molar-refractivity contribution in [2.75, 3.05) is 6.61 Å². The van der Waals surface area contributed by atoms with Crippen LogP contribution >= 0.6 is 0 Å². The summed E-state index contributed by atoms with van der Waals surface area (Å²) in [4.78, 5) is 11.5. The van der Waals surface area contributed by atoms with Crippen LogP contribution < -0.4 is 4.74 Å². The van der Waals surface area contributed by atoms with Crippen molar-refractivity contribution in [1.82, 2.24) is 0 Å². The summed E-state index contributed by atoms with van der Waals surface area (Å²) >= 11 is 0. The Labute approximate surface area is 192 Å². The van der Waals surface area contributed by atoms with Gasteiger partial charge < -0.3 is 9.84 Å². The standard InChI is InChI=1S/C29H36O3/c1-6-7-8-9-14-29(19-32-25-17-20(26(30)31)10-12-23(25)29)21-11-13-22-24(18-21)28(4,5)16-15-27(22,2)3/h8-13,17-18H,6-7,14-16,19H2,1-5H3,(H,30,31)/b9-8+. The van der Waals surface area contributed by atoms with Crippen LogP contribution in [0.4, 0.5) is 0 Å². The molecule has 0 fully saturated rings. The van der Waals surface area contributed by atoms with Crippen LogP contribution in [-0.4, -0.2) is 17.7 Å². The summed E-state index contributed by atoms with van der Waals surface area (Å²) in [7, 11) is 0. The van der Waals surface area contributed by atoms with E-state index in [-0.39, 0.29) is 21.8 Å². The lowest BCUT2D eigenvalue weighted by Gasteiger charge is -2.43. The van der Waals surface area contributed by atoms with E-state index < -0.39 is 5.97 Å². The Morgan fingerprint density at radius 3 is 2.34 bits per heavy atom. The minimum Gasteiger partial charge on any atom is -0.492 e. The molecule has 1 atom stereocenters. The number of hydrogen-bond donors (Lipinski definition) is 1. The Kier molecular flexibility index (Phi) is 5.73. The molecule has 3 heteroatoms. The maximum atomic E-state index is 11.5. The van der Waals surface area contributed by atoms with E-state index in [4.69, 9.17) is 4.74 Å². The zero-order valence-electron chi connectivity index (χ0n) is 20.1. The van der Waals surface area contributed by atoms with Gasteiger partial charge in [-0.3, -0.25) is 0 Å². The van der Waals surface area contributed by atoms with E-state index >= 15 is 0 Å². The third-order valence-electron chi connectivity index (χ3n) is 7.71. The highest BCUT2D eigenvalue weighted by Gasteiger charge is 2.44. The third-order valence-corrected chi connectivity index (χ3v) is 7.71. The average molecular weight is 433 g/mol. The van der Waals surface area contributed by atoms with Crippen molar-refractivity contribution in [1.29, 1.82) is 0 Å². The van der Waals surface area contributed by atoms with Crippen molar-refractivity contribution < 1.29 is 14.6 Å². The van der Waals surface area contributed by atoms with E-state index in [1.54, 1.807) is 12.1 Å². The largest absolute Gasteiger partial charge is 0.492 e. The van der Waals surface area contributed by atoms with Crippen LogP contribution in [0.3, 0.4) is 0 Å². The van der Waals surface area contributed by atoms with Gasteiger partial charge in [0.05, 0.1) is 11.0 Å². The second-order valence-corrected chi connectivity index (χ2v) is 10.9. The number of carboxylic acids is 1. The molecule has 1 aliphatic heterocycles. The second kappa shape index (κ2) is 8.10. The number of allylic oxidation sites excluding steroid dienone is 2. The average Bonchev–Trinajstić information content (AvgIpc) is 3.13. The Hall–Kier alpha value is -2.55. The summed E-state index contributed by atoms with van der Waals surface area (Å²) < 4.78 is 6.16. The van der Waals surface area contributed by atoms with Gasteiger partial charge in [0, 0.05) is 5.56 Å². The topological polar surface area (TPSA) is 46.5 Å². The molecule has 1 aliphatic carbocycles. The Morgan fingerprint density at radius 2 is 1.66 bits per heavy atom. The van der Waals surface area contributed by atoms with Gasteiger partial charge in [-0.05, 0) is 65.3 Å². The number of rotatable bonds is 6. The first-order valence-corrected chi connectivity index (χ1v) is 11.9. The molecule has 2 aromatic rings. The predicted molar refractivity (Wildman–Crippen MR) is 130 cm³/mol. The number of ether oxygens (including phenoxy) is 1. The van der Waals surface area contributed by atoms with Gasteiger partial charge in [-0.25, -0.2) is 4.79 Å². The molecule has 32 heavy (non-hydrogen) atoms. The molecule has 1 N–H and O–H groups in total. The molecule has 170 valence electrons. The molecule has 2 aromatic carbocycles. The van der Waals surface area contributed by atoms with E-state index in [0.717, 1.165) is 24.8 Å². The first-order valence-electron chi connectivity index (χ1n) is 11.9. The number of aromatic carboxylic acids is 1. The van der Waals surface area contributed by atoms with E-state index in [2.05, 4.69) is 65.0 Å². The summed E-state index contributed by atoms with van der Waals surface area (Å²) in [5, 5.41) is 9.44. The highest BCUT2D eigenvalue weighted by Crippen LogP contribution is 2.50. The van der Waals surface area contributed by atoms with Crippen molar-refractivity contribution in [2.45, 2.75) is 83.0 Å². The molecule has 0 bridgehead atoms. The summed E-state index contributed by atoms with van der Waals surface area (Å²) in [5.41, 5.74) is 5.54. The SMILES string of the molecule is CCC/C=C/CC1(c2ccc3c(c2)C(C)(C)CCC3(C)C)COc2cc(C(=O)O)ccc21. The predicted octanol–water partition coefficient (Wildman–Crippen LogP) is 7.16. The number of carbonyl (C=O) groups is 1. The van der Waals surface area contributed by atoms with Crippen LogP contribution in [-0.2, 0) is 16.2 Å². The smallest absolute Gasteiger partial charge is 0.335 e. The van der Waals surface area contributed by atoms with Gasteiger partial charge in [-0.2, -0.15) is 0 Å². The van der Waals surface area contributed by atoms with Gasteiger partial charge in [0.2, 0.25) is 0 Å². The number of fused-ring (bicyclic) bond motifs is 2.